The SMILES string of the molecule is CC1(C)C(/C=C/C(C#Cc2ccc(B(O)O)cc2)=C/C=C2\N(CCCS(=O)(=O)O)c3ccccc3C2(C)C)=[N+](CCCS(=O)(=O)O)c2ccccc21. The lowest BCUT2D eigenvalue weighted by Gasteiger charge is -2.27. The summed E-state index contributed by atoms with van der Waals surface area (Å²) in [6.45, 7) is 9.14. The monoisotopic (exact) mass is 743 g/mol. The van der Waals surface area contributed by atoms with E-state index in [-0.39, 0.29) is 24.3 Å². The molecule has 0 aliphatic carbocycles. The first-order valence-corrected chi connectivity index (χ1v) is 20.2. The predicted octanol–water partition coefficient (Wildman–Crippen LogP) is 4.51. The molecule has 5 rings (SSSR count). The fourth-order valence-corrected chi connectivity index (χ4v) is 7.92. The van der Waals surface area contributed by atoms with Gasteiger partial charge in [0.25, 0.3) is 20.2 Å². The zero-order valence-corrected chi connectivity index (χ0v) is 31.3. The van der Waals surface area contributed by atoms with Crippen LogP contribution in [0, 0.1) is 11.8 Å². The molecule has 0 radical (unpaired) electrons. The number of hydrogen-bond donors (Lipinski definition) is 4. The average Bonchev–Trinajstić information content (AvgIpc) is 3.42. The summed E-state index contributed by atoms with van der Waals surface area (Å²) < 4.78 is 67.1. The van der Waals surface area contributed by atoms with Gasteiger partial charge in [0.15, 0.2) is 5.71 Å². The van der Waals surface area contributed by atoms with Crippen LogP contribution in [0.15, 0.2) is 108 Å². The molecule has 52 heavy (non-hydrogen) atoms. The Bertz CT molecular complexity index is 2240. The highest BCUT2D eigenvalue weighted by molar-refractivity contribution is 7.86. The van der Waals surface area contributed by atoms with E-state index in [0.717, 1.165) is 33.9 Å². The first-order chi connectivity index (χ1) is 24.4. The molecule has 0 saturated carbocycles. The van der Waals surface area contributed by atoms with Crippen molar-refractivity contribution in [3.8, 4) is 11.8 Å². The number of allylic oxidation sites excluding steroid dienone is 6. The maximum Gasteiger partial charge on any atom is 0.488 e. The van der Waals surface area contributed by atoms with Crippen LogP contribution in [0.25, 0.3) is 0 Å². The minimum atomic E-state index is -4.13. The van der Waals surface area contributed by atoms with E-state index >= 15 is 0 Å². The molecule has 0 unspecified atom stereocenters. The number of anilines is 1. The van der Waals surface area contributed by atoms with Crippen molar-refractivity contribution in [2.24, 2.45) is 0 Å². The molecule has 0 amide bonds. The molecule has 0 saturated heterocycles. The average molecular weight is 744 g/mol. The molecule has 0 fully saturated rings. The van der Waals surface area contributed by atoms with Gasteiger partial charge in [0.05, 0.1) is 16.9 Å². The summed E-state index contributed by atoms with van der Waals surface area (Å²) in [5.74, 6) is 5.71. The molecule has 3 aromatic carbocycles. The number of nitrogens with zero attached hydrogens (tertiary/aromatic N) is 2. The molecule has 272 valence electrons. The summed E-state index contributed by atoms with van der Waals surface area (Å²) in [5.41, 5.74) is 6.68. The molecular weight excluding hydrogens is 699 g/mol. The maximum atomic E-state index is 11.6. The maximum absolute atomic E-state index is 11.6. The van der Waals surface area contributed by atoms with E-state index in [1.807, 2.05) is 60.7 Å². The van der Waals surface area contributed by atoms with Gasteiger partial charge in [-0.2, -0.15) is 21.4 Å². The fraction of sp³-hybridized carbons (Fsp3) is 0.308. The minimum Gasteiger partial charge on any atom is -0.423 e. The highest BCUT2D eigenvalue weighted by atomic mass is 32.2. The van der Waals surface area contributed by atoms with Crippen LogP contribution in [0.3, 0.4) is 0 Å². The van der Waals surface area contributed by atoms with Crippen molar-refractivity contribution in [2.45, 2.75) is 51.4 Å². The van der Waals surface area contributed by atoms with E-state index in [1.165, 1.54) is 0 Å². The third-order valence-corrected chi connectivity index (χ3v) is 11.2. The first kappa shape index (κ1) is 38.9. The van der Waals surface area contributed by atoms with Gasteiger partial charge < -0.3 is 14.9 Å². The van der Waals surface area contributed by atoms with E-state index in [4.69, 9.17) is 0 Å². The summed E-state index contributed by atoms with van der Waals surface area (Å²) in [6.07, 6.45) is 8.22. The minimum absolute atomic E-state index is 0.219. The lowest BCUT2D eigenvalue weighted by molar-refractivity contribution is -0.437. The van der Waals surface area contributed by atoms with Crippen LogP contribution in [-0.2, 0) is 31.1 Å². The molecular formula is C39H44BN2O8S2+. The van der Waals surface area contributed by atoms with Crippen LogP contribution in [0.5, 0.6) is 0 Å². The van der Waals surface area contributed by atoms with Crippen LogP contribution >= 0.6 is 0 Å². The van der Waals surface area contributed by atoms with Crippen molar-refractivity contribution < 1.29 is 40.6 Å². The molecule has 0 bridgehead atoms. The summed E-state index contributed by atoms with van der Waals surface area (Å²) in [6, 6.07) is 22.5. The molecule has 3 aromatic rings. The lowest BCUT2D eigenvalue weighted by Crippen LogP contribution is -2.29. The summed E-state index contributed by atoms with van der Waals surface area (Å²) >= 11 is 0. The van der Waals surface area contributed by atoms with Gasteiger partial charge in [-0.1, -0.05) is 74.2 Å². The van der Waals surface area contributed by atoms with Gasteiger partial charge in [-0.3, -0.25) is 9.11 Å². The molecule has 2 heterocycles. The van der Waals surface area contributed by atoms with Gasteiger partial charge in [0, 0.05) is 58.6 Å². The van der Waals surface area contributed by atoms with Crippen molar-refractivity contribution >= 4 is 49.9 Å². The second-order valence-electron chi connectivity index (χ2n) is 14.0. The Kier molecular flexibility index (Phi) is 11.5. The summed E-state index contributed by atoms with van der Waals surface area (Å²) in [5, 5.41) is 19.1. The third-order valence-electron chi connectivity index (χ3n) is 9.57. The number of rotatable bonds is 12. The molecule has 0 atom stereocenters. The Morgan fingerprint density at radius 2 is 1.44 bits per heavy atom. The highest BCUT2D eigenvalue weighted by Gasteiger charge is 2.44. The van der Waals surface area contributed by atoms with Crippen LogP contribution < -0.4 is 10.4 Å². The Morgan fingerprint density at radius 1 is 0.827 bits per heavy atom. The topological polar surface area (TPSA) is 155 Å². The van der Waals surface area contributed by atoms with Crippen LogP contribution in [0.1, 0.15) is 57.2 Å². The normalized spacial score (nSPS) is 17.3. The predicted molar refractivity (Wildman–Crippen MR) is 207 cm³/mol. The molecule has 0 spiro atoms. The van der Waals surface area contributed by atoms with Gasteiger partial charge in [-0.05, 0) is 67.7 Å². The van der Waals surface area contributed by atoms with Gasteiger partial charge in [0.1, 0.15) is 6.54 Å². The quantitative estimate of drug-likeness (QED) is 0.0690. The van der Waals surface area contributed by atoms with Crippen LogP contribution in [-0.4, -0.2) is 78.0 Å². The Balaban J connectivity index is 1.60. The second-order valence-corrected chi connectivity index (χ2v) is 17.1. The highest BCUT2D eigenvalue weighted by Crippen LogP contribution is 2.47. The van der Waals surface area contributed by atoms with Crippen molar-refractivity contribution in [1.82, 2.24) is 0 Å². The smallest absolute Gasteiger partial charge is 0.423 e. The van der Waals surface area contributed by atoms with Gasteiger partial charge in [-0.15, -0.1) is 0 Å². The first-order valence-electron chi connectivity index (χ1n) is 17.0. The van der Waals surface area contributed by atoms with E-state index in [0.29, 0.717) is 29.7 Å². The summed E-state index contributed by atoms with van der Waals surface area (Å²) in [4.78, 5) is 2.08. The van der Waals surface area contributed by atoms with Gasteiger partial charge >= 0.3 is 7.12 Å². The molecule has 4 N–H and O–H groups in total. The van der Waals surface area contributed by atoms with E-state index < -0.39 is 38.2 Å². The largest absolute Gasteiger partial charge is 0.488 e. The molecule has 10 nitrogen and oxygen atoms in total. The molecule has 2 aliphatic heterocycles. The van der Waals surface area contributed by atoms with Crippen molar-refractivity contribution in [3.05, 3.63) is 125 Å². The molecule has 2 aliphatic rings. The van der Waals surface area contributed by atoms with Crippen LogP contribution in [0.4, 0.5) is 11.4 Å². The Morgan fingerprint density at radius 3 is 2.10 bits per heavy atom. The number of fused-ring (bicyclic) bond motifs is 2. The van der Waals surface area contributed by atoms with Crippen molar-refractivity contribution in [1.29, 1.82) is 0 Å². The van der Waals surface area contributed by atoms with Crippen LogP contribution in [0.2, 0.25) is 0 Å². The van der Waals surface area contributed by atoms with Gasteiger partial charge in [-0.25, -0.2) is 0 Å². The van der Waals surface area contributed by atoms with Gasteiger partial charge in [0.2, 0.25) is 5.69 Å². The van der Waals surface area contributed by atoms with Crippen molar-refractivity contribution in [3.63, 3.8) is 0 Å². The number of hydrogen-bond acceptors (Lipinski definition) is 7. The molecule has 0 aromatic heterocycles. The van der Waals surface area contributed by atoms with E-state index in [2.05, 4.69) is 61.1 Å². The van der Waals surface area contributed by atoms with E-state index in [1.54, 1.807) is 24.3 Å². The third kappa shape index (κ3) is 9.01. The number of para-hydroxylation sites is 2. The Hall–Kier alpha value is -4.29. The number of benzene rings is 3. The lowest BCUT2D eigenvalue weighted by atomic mass is 9.80. The fourth-order valence-electron chi connectivity index (χ4n) is 6.93. The Labute approximate surface area is 307 Å². The molecule has 13 heteroatoms. The van der Waals surface area contributed by atoms with E-state index in [9.17, 15) is 36.0 Å². The van der Waals surface area contributed by atoms with Crippen molar-refractivity contribution in [2.75, 3.05) is 29.5 Å². The zero-order chi connectivity index (χ0) is 37.9. The zero-order valence-electron chi connectivity index (χ0n) is 29.7. The summed E-state index contributed by atoms with van der Waals surface area (Å²) in [7, 11) is -9.86. The second kappa shape index (κ2) is 15.4. The standard InChI is InChI=1S/C39H43BN2O8S2/c1-38(2)32-11-5-7-13-34(32)41(25-9-27-51(45,46)47)36(38)23-19-30(16-15-29-17-21-31(22-18-29)40(43)44)20-24-37-39(3,4)33-12-6-8-14-35(33)42(37)26-10-28-52(48,49)50/h5-8,11-14,17-24,43-44H,9-10,25-28H2,1-4H3,(H-,45,46,47,48,49,50)/p+1.